The maximum Gasteiger partial charge on any atom is 0.376 e. The van der Waals surface area contributed by atoms with Crippen molar-refractivity contribution in [1.29, 1.82) is 0 Å². The predicted molar refractivity (Wildman–Crippen MR) is 97.9 cm³/mol. The number of carbonyl (C=O) groups is 2. The van der Waals surface area contributed by atoms with Gasteiger partial charge in [-0.3, -0.25) is 0 Å². The average molecular weight is 374 g/mol. The van der Waals surface area contributed by atoms with Crippen LogP contribution >= 0.6 is 0 Å². The van der Waals surface area contributed by atoms with Crippen molar-refractivity contribution in [3.05, 3.63) is 71.1 Å². The molecule has 3 aromatic rings. The summed E-state index contributed by atoms with van der Waals surface area (Å²) in [5, 5.41) is 0. The standard InChI is InChI=1S/C21H14N2O5/c1-26-17-15(19(24)27-2)21(28-20(17)25)12-8-4-3-7-11(12)16-18(21)23-14-10-6-5-9-13(14)22-16/h3-10H,1-2H3. The summed E-state index contributed by atoms with van der Waals surface area (Å²) in [4.78, 5) is 34.8. The van der Waals surface area contributed by atoms with Crippen molar-refractivity contribution in [2.75, 3.05) is 14.2 Å². The van der Waals surface area contributed by atoms with Crippen molar-refractivity contribution >= 4 is 23.0 Å². The molecule has 1 spiro atoms. The van der Waals surface area contributed by atoms with Gasteiger partial charge in [0.25, 0.3) is 0 Å². The Morgan fingerprint density at radius 2 is 1.68 bits per heavy atom. The minimum atomic E-state index is -1.56. The molecule has 0 N–H and O–H groups in total. The van der Waals surface area contributed by atoms with E-state index in [0.29, 0.717) is 28.0 Å². The van der Waals surface area contributed by atoms with Gasteiger partial charge in [-0.25, -0.2) is 19.6 Å². The number of nitrogens with zero attached hydrogens (tertiary/aromatic N) is 2. The second-order valence-electron chi connectivity index (χ2n) is 6.43. The summed E-state index contributed by atoms with van der Waals surface area (Å²) < 4.78 is 16.0. The second-order valence-corrected chi connectivity index (χ2v) is 6.43. The number of carbonyl (C=O) groups excluding carboxylic acids is 2. The first-order chi connectivity index (χ1) is 13.6. The molecule has 28 heavy (non-hydrogen) atoms. The van der Waals surface area contributed by atoms with Crippen LogP contribution in [0.5, 0.6) is 0 Å². The Labute approximate surface area is 159 Å². The van der Waals surface area contributed by atoms with Crippen LogP contribution in [0.15, 0.2) is 59.9 Å². The molecule has 0 fully saturated rings. The molecule has 138 valence electrons. The molecule has 0 radical (unpaired) electrons. The number of hydrogen-bond donors (Lipinski definition) is 0. The van der Waals surface area contributed by atoms with Crippen LogP contribution < -0.4 is 0 Å². The van der Waals surface area contributed by atoms with Crippen molar-refractivity contribution in [2.24, 2.45) is 0 Å². The van der Waals surface area contributed by atoms with Gasteiger partial charge in [0, 0.05) is 11.1 Å². The molecule has 1 aromatic heterocycles. The lowest BCUT2D eigenvalue weighted by molar-refractivity contribution is -0.148. The van der Waals surface area contributed by atoms with Crippen LogP contribution in [0.2, 0.25) is 0 Å². The van der Waals surface area contributed by atoms with Gasteiger partial charge in [0.2, 0.25) is 11.4 Å². The van der Waals surface area contributed by atoms with Gasteiger partial charge in [0.1, 0.15) is 11.3 Å². The summed E-state index contributed by atoms with van der Waals surface area (Å²) >= 11 is 0. The molecule has 2 aliphatic rings. The van der Waals surface area contributed by atoms with Crippen LogP contribution in [0.1, 0.15) is 11.3 Å². The topological polar surface area (TPSA) is 87.6 Å². The fraction of sp³-hybridized carbons (Fsp3) is 0.143. The monoisotopic (exact) mass is 374 g/mol. The van der Waals surface area contributed by atoms with Crippen molar-refractivity contribution in [3.63, 3.8) is 0 Å². The first kappa shape index (κ1) is 16.4. The maximum atomic E-state index is 12.7. The van der Waals surface area contributed by atoms with E-state index < -0.39 is 17.5 Å². The van der Waals surface area contributed by atoms with Gasteiger partial charge >= 0.3 is 11.9 Å². The quantitative estimate of drug-likeness (QED) is 0.637. The minimum absolute atomic E-state index is 0.0294. The number of benzene rings is 2. The summed E-state index contributed by atoms with van der Waals surface area (Å²) in [5.41, 5.74) is 2.00. The molecular formula is C21H14N2O5. The van der Waals surface area contributed by atoms with Gasteiger partial charge in [-0.1, -0.05) is 36.4 Å². The zero-order valence-corrected chi connectivity index (χ0v) is 15.1. The summed E-state index contributed by atoms with van der Waals surface area (Å²) in [6.45, 7) is 0. The predicted octanol–water partition coefficient (Wildman–Crippen LogP) is 2.48. The molecule has 0 amide bonds. The average Bonchev–Trinajstić information content (AvgIpc) is 3.18. The Balaban J connectivity index is 1.94. The smallest absolute Gasteiger partial charge is 0.376 e. The molecule has 0 saturated heterocycles. The van der Waals surface area contributed by atoms with E-state index in [4.69, 9.17) is 24.2 Å². The van der Waals surface area contributed by atoms with Gasteiger partial charge in [-0.2, -0.15) is 0 Å². The summed E-state index contributed by atoms with van der Waals surface area (Å²) in [5.74, 6) is -1.66. The number of rotatable bonds is 2. The molecule has 2 aromatic carbocycles. The molecule has 2 heterocycles. The highest BCUT2D eigenvalue weighted by molar-refractivity contribution is 6.07. The highest BCUT2D eigenvalue weighted by Crippen LogP contribution is 2.56. The van der Waals surface area contributed by atoms with Crippen molar-refractivity contribution in [1.82, 2.24) is 9.97 Å². The Hall–Kier alpha value is -3.74. The van der Waals surface area contributed by atoms with E-state index in [1.807, 2.05) is 36.4 Å². The highest BCUT2D eigenvalue weighted by atomic mass is 16.6. The van der Waals surface area contributed by atoms with Crippen LogP contribution in [-0.2, 0) is 29.4 Å². The zero-order chi connectivity index (χ0) is 19.5. The molecule has 7 nitrogen and oxygen atoms in total. The Kier molecular flexibility index (Phi) is 3.30. The lowest BCUT2D eigenvalue weighted by Gasteiger charge is -2.25. The van der Waals surface area contributed by atoms with Crippen LogP contribution in [0.25, 0.3) is 22.3 Å². The molecule has 5 rings (SSSR count). The van der Waals surface area contributed by atoms with E-state index in [0.717, 1.165) is 5.56 Å². The number of aromatic nitrogens is 2. The molecule has 1 atom stereocenters. The third-order valence-corrected chi connectivity index (χ3v) is 5.07. The van der Waals surface area contributed by atoms with Crippen molar-refractivity contribution < 1.29 is 23.8 Å². The van der Waals surface area contributed by atoms with Gasteiger partial charge < -0.3 is 14.2 Å². The number of para-hydroxylation sites is 2. The molecule has 1 unspecified atom stereocenters. The summed E-state index contributed by atoms with van der Waals surface area (Å²) in [6.07, 6.45) is 0. The SMILES string of the molecule is COC(=O)C1=C(OC)C(=O)OC12c1ccccc1-c1nc3ccccc3nc12. The molecule has 0 bridgehead atoms. The van der Waals surface area contributed by atoms with E-state index in [9.17, 15) is 9.59 Å². The Morgan fingerprint density at radius 1 is 1.00 bits per heavy atom. The van der Waals surface area contributed by atoms with E-state index in [-0.39, 0.29) is 11.3 Å². The zero-order valence-electron chi connectivity index (χ0n) is 15.1. The lowest BCUT2D eigenvalue weighted by atomic mass is 9.86. The third kappa shape index (κ3) is 1.87. The van der Waals surface area contributed by atoms with Crippen molar-refractivity contribution in [3.8, 4) is 11.3 Å². The second kappa shape index (κ2) is 5.63. The Morgan fingerprint density at radius 3 is 2.39 bits per heavy atom. The molecule has 7 heteroatoms. The first-order valence-electron chi connectivity index (χ1n) is 8.59. The van der Waals surface area contributed by atoms with E-state index >= 15 is 0 Å². The first-order valence-corrected chi connectivity index (χ1v) is 8.59. The normalized spacial score (nSPS) is 19.6. The van der Waals surface area contributed by atoms with Crippen LogP contribution in [0, 0.1) is 0 Å². The number of fused-ring (bicyclic) bond motifs is 6. The lowest BCUT2D eigenvalue weighted by Crippen LogP contribution is -2.33. The third-order valence-electron chi connectivity index (χ3n) is 5.07. The van der Waals surface area contributed by atoms with Crippen LogP contribution in [-0.4, -0.2) is 36.1 Å². The highest BCUT2D eigenvalue weighted by Gasteiger charge is 2.61. The van der Waals surface area contributed by atoms with Crippen LogP contribution in [0.4, 0.5) is 0 Å². The molecular weight excluding hydrogens is 360 g/mol. The van der Waals surface area contributed by atoms with Gasteiger partial charge in [0.05, 0.1) is 30.9 Å². The summed E-state index contributed by atoms with van der Waals surface area (Å²) in [7, 11) is 2.55. The number of hydrogen-bond acceptors (Lipinski definition) is 7. The number of esters is 2. The van der Waals surface area contributed by atoms with E-state index in [1.165, 1.54) is 14.2 Å². The minimum Gasteiger partial charge on any atom is -0.489 e. The molecule has 1 aliphatic heterocycles. The van der Waals surface area contributed by atoms with Gasteiger partial charge in [-0.15, -0.1) is 0 Å². The fourth-order valence-electron chi connectivity index (χ4n) is 3.94. The maximum absolute atomic E-state index is 12.7. The largest absolute Gasteiger partial charge is 0.489 e. The molecule has 1 aliphatic carbocycles. The van der Waals surface area contributed by atoms with E-state index in [1.54, 1.807) is 12.1 Å². The van der Waals surface area contributed by atoms with Gasteiger partial charge in [0.15, 0.2) is 0 Å². The summed E-state index contributed by atoms with van der Waals surface area (Å²) in [6, 6.07) is 14.7. The fourth-order valence-corrected chi connectivity index (χ4v) is 3.94. The van der Waals surface area contributed by atoms with E-state index in [2.05, 4.69) is 0 Å². The van der Waals surface area contributed by atoms with Crippen molar-refractivity contribution in [2.45, 2.75) is 5.60 Å². The Bertz CT molecular complexity index is 1220. The number of methoxy groups -OCH3 is 2. The molecule has 0 saturated carbocycles. The van der Waals surface area contributed by atoms with Gasteiger partial charge in [-0.05, 0) is 12.1 Å². The van der Waals surface area contributed by atoms with Crippen LogP contribution in [0.3, 0.4) is 0 Å². The number of ether oxygens (including phenoxy) is 3.